The summed E-state index contributed by atoms with van der Waals surface area (Å²) < 4.78 is 22.2. The summed E-state index contributed by atoms with van der Waals surface area (Å²) >= 11 is 0. The third-order valence-corrected chi connectivity index (χ3v) is 6.43. The molecule has 4 atom stereocenters. The van der Waals surface area contributed by atoms with Gasteiger partial charge in [-0.2, -0.15) is 0 Å². The van der Waals surface area contributed by atoms with Gasteiger partial charge in [0, 0.05) is 17.4 Å². The van der Waals surface area contributed by atoms with E-state index >= 15 is 0 Å². The van der Waals surface area contributed by atoms with Crippen molar-refractivity contribution in [2.45, 2.75) is 11.7 Å². The molecule has 0 radical (unpaired) electrons. The van der Waals surface area contributed by atoms with Crippen LogP contribution in [-0.4, -0.2) is 44.0 Å². The normalized spacial score (nSPS) is 29.4. The second kappa shape index (κ2) is 6.49. The molecular formula is C23H20N2O6. The van der Waals surface area contributed by atoms with Crippen LogP contribution in [0.3, 0.4) is 0 Å². The molecule has 158 valence electrons. The fraction of sp³-hybridized carbons (Fsp3) is 0.304. The molecule has 0 saturated carbocycles. The van der Waals surface area contributed by atoms with Gasteiger partial charge < -0.3 is 29.2 Å². The van der Waals surface area contributed by atoms with Crippen molar-refractivity contribution in [3.8, 4) is 17.2 Å². The van der Waals surface area contributed by atoms with Gasteiger partial charge in [0.25, 0.3) is 0 Å². The Morgan fingerprint density at radius 2 is 1.97 bits per heavy atom. The van der Waals surface area contributed by atoms with Gasteiger partial charge in [0.1, 0.15) is 11.4 Å². The topological polar surface area (TPSA) is 86.3 Å². The number of fused-ring (bicyclic) bond motifs is 2. The standard InChI is InChI=1S/C23H20N2O6/c1-28-15-5-2-13(3-6-15)24-21(26)19-17-8-9-23(31-17)11-25(22(27)20(19)23)14-4-7-16-18(10-14)30-12-29-16/h2-10,17,19-20H,11-12H2,1H3,(H,24,26)/t17-,19-,20-,23-/m1/s1. The number of methoxy groups -OCH3 is 1. The van der Waals surface area contributed by atoms with E-state index in [9.17, 15) is 9.59 Å². The largest absolute Gasteiger partial charge is 0.497 e. The van der Waals surface area contributed by atoms with E-state index in [-0.39, 0.29) is 18.6 Å². The van der Waals surface area contributed by atoms with Crippen LogP contribution >= 0.6 is 0 Å². The van der Waals surface area contributed by atoms with Crippen molar-refractivity contribution in [2.75, 3.05) is 30.7 Å². The zero-order valence-corrected chi connectivity index (χ0v) is 16.7. The van der Waals surface area contributed by atoms with Crippen LogP contribution in [0, 0.1) is 11.8 Å². The Balaban J connectivity index is 1.27. The summed E-state index contributed by atoms with van der Waals surface area (Å²) in [5, 5.41) is 2.92. The predicted octanol–water partition coefficient (Wildman–Crippen LogP) is 2.35. The molecule has 1 spiro atoms. The van der Waals surface area contributed by atoms with Crippen LogP contribution in [-0.2, 0) is 14.3 Å². The van der Waals surface area contributed by atoms with E-state index in [4.69, 9.17) is 18.9 Å². The second-order valence-electron chi connectivity index (χ2n) is 8.08. The van der Waals surface area contributed by atoms with Crippen LogP contribution in [0.25, 0.3) is 0 Å². The van der Waals surface area contributed by atoms with Crippen molar-refractivity contribution in [1.82, 2.24) is 0 Å². The van der Waals surface area contributed by atoms with Crippen molar-refractivity contribution < 1.29 is 28.5 Å². The Labute approximate surface area is 178 Å². The predicted molar refractivity (Wildman–Crippen MR) is 110 cm³/mol. The van der Waals surface area contributed by atoms with Crippen molar-refractivity contribution in [3.63, 3.8) is 0 Å². The lowest BCUT2D eigenvalue weighted by atomic mass is 9.77. The highest BCUT2D eigenvalue weighted by atomic mass is 16.7. The first-order valence-electron chi connectivity index (χ1n) is 10.1. The Bertz CT molecular complexity index is 1110. The summed E-state index contributed by atoms with van der Waals surface area (Å²) in [7, 11) is 1.59. The Morgan fingerprint density at radius 3 is 2.77 bits per heavy atom. The van der Waals surface area contributed by atoms with Crippen molar-refractivity contribution in [2.24, 2.45) is 11.8 Å². The van der Waals surface area contributed by atoms with E-state index in [0.29, 0.717) is 35.2 Å². The minimum absolute atomic E-state index is 0.124. The van der Waals surface area contributed by atoms with Crippen LogP contribution < -0.4 is 24.4 Å². The molecule has 2 bridgehead atoms. The fourth-order valence-electron chi connectivity index (χ4n) is 4.97. The number of nitrogens with one attached hydrogen (secondary N) is 1. The highest BCUT2D eigenvalue weighted by Gasteiger charge is 2.67. The minimum atomic E-state index is -0.792. The Kier molecular flexibility index (Phi) is 3.82. The lowest BCUT2D eigenvalue weighted by Gasteiger charge is -2.23. The van der Waals surface area contributed by atoms with E-state index in [1.807, 2.05) is 18.2 Å². The molecule has 0 unspecified atom stereocenters. The summed E-state index contributed by atoms with van der Waals surface area (Å²) in [6, 6.07) is 12.5. The monoisotopic (exact) mass is 420 g/mol. The molecular weight excluding hydrogens is 400 g/mol. The number of amides is 2. The van der Waals surface area contributed by atoms with Crippen molar-refractivity contribution in [1.29, 1.82) is 0 Å². The number of hydrogen-bond donors (Lipinski definition) is 1. The van der Waals surface area contributed by atoms with Crippen LogP contribution in [0.5, 0.6) is 17.2 Å². The summed E-state index contributed by atoms with van der Waals surface area (Å²) in [6.45, 7) is 0.524. The third kappa shape index (κ3) is 2.64. The number of hydrogen-bond acceptors (Lipinski definition) is 6. The molecule has 2 aromatic rings. The molecule has 0 aromatic heterocycles. The molecule has 2 aromatic carbocycles. The zero-order chi connectivity index (χ0) is 21.2. The number of rotatable bonds is 4. The van der Waals surface area contributed by atoms with E-state index in [1.165, 1.54) is 0 Å². The lowest BCUT2D eigenvalue weighted by Crippen LogP contribution is -2.41. The number of carbonyl (C=O) groups excluding carboxylic acids is 2. The summed E-state index contributed by atoms with van der Waals surface area (Å²) in [6.07, 6.45) is 3.42. The van der Waals surface area contributed by atoms with Gasteiger partial charge in [-0.1, -0.05) is 12.2 Å². The highest BCUT2D eigenvalue weighted by Crippen LogP contribution is 2.53. The molecule has 4 aliphatic rings. The summed E-state index contributed by atoms with van der Waals surface area (Å²) in [5.41, 5.74) is 0.553. The molecule has 8 heteroatoms. The van der Waals surface area contributed by atoms with Gasteiger partial charge in [-0.25, -0.2) is 0 Å². The molecule has 31 heavy (non-hydrogen) atoms. The van der Waals surface area contributed by atoms with Crippen LogP contribution in [0.4, 0.5) is 11.4 Å². The van der Waals surface area contributed by atoms with Gasteiger partial charge in [0.05, 0.1) is 31.6 Å². The highest BCUT2D eigenvalue weighted by molar-refractivity contribution is 6.05. The average molecular weight is 420 g/mol. The maximum absolute atomic E-state index is 13.5. The molecule has 2 saturated heterocycles. The van der Waals surface area contributed by atoms with E-state index in [2.05, 4.69) is 5.32 Å². The maximum Gasteiger partial charge on any atom is 0.234 e. The Hall–Kier alpha value is -3.52. The molecule has 6 rings (SSSR count). The molecule has 4 aliphatic heterocycles. The first-order valence-corrected chi connectivity index (χ1v) is 10.1. The number of carbonyl (C=O) groups is 2. The van der Waals surface area contributed by atoms with Crippen LogP contribution in [0.1, 0.15) is 0 Å². The van der Waals surface area contributed by atoms with E-state index in [1.54, 1.807) is 48.4 Å². The number of nitrogens with zero attached hydrogens (tertiary/aromatic N) is 1. The van der Waals surface area contributed by atoms with Crippen LogP contribution in [0.15, 0.2) is 54.6 Å². The average Bonchev–Trinajstić information content (AvgIpc) is 3.54. The number of ether oxygens (including phenoxy) is 4. The lowest BCUT2D eigenvalue weighted by molar-refractivity contribution is -0.128. The molecule has 2 amide bonds. The smallest absolute Gasteiger partial charge is 0.234 e. The van der Waals surface area contributed by atoms with Gasteiger partial charge in [-0.05, 0) is 36.4 Å². The molecule has 8 nitrogen and oxygen atoms in total. The van der Waals surface area contributed by atoms with Crippen molar-refractivity contribution in [3.05, 3.63) is 54.6 Å². The van der Waals surface area contributed by atoms with Crippen LogP contribution in [0.2, 0.25) is 0 Å². The molecule has 4 heterocycles. The minimum Gasteiger partial charge on any atom is -0.497 e. The van der Waals surface area contributed by atoms with E-state index in [0.717, 1.165) is 0 Å². The van der Waals surface area contributed by atoms with Gasteiger partial charge in [-0.3, -0.25) is 9.59 Å². The molecule has 0 aliphatic carbocycles. The quantitative estimate of drug-likeness (QED) is 0.765. The number of anilines is 2. The SMILES string of the molecule is COc1ccc(NC(=O)[C@@H]2[C@H]3C=C[C@]4(CN(c5ccc6c(c5)OCO6)C(=O)[C@@H]24)O3)cc1. The Morgan fingerprint density at radius 1 is 1.16 bits per heavy atom. The molecule has 1 N–H and O–H groups in total. The van der Waals surface area contributed by atoms with Crippen molar-refractivity contribution >= 4 is 23.2 Å². The van der Waals surface area contributed by atoms with Gasteiger partial charge in [0.2, 0.25) is 18.6 Å². The third-order valence-electron chi connectivity index (χ3n) is 6.43. The summed E-state index contributed by atoms with van der Waals surface area (Å²) in [4.78, 5) is 28.3. The molecule has 2 fully saturated rings. The van der Waals surface area contributed by atoms with Gasteiger partial charge in [-0.15, -0.1) is 0 Å². The zero-order valence-electron chi connectivity index (χ0n) is 16.7. The first-order chi connectivity index (χ1) is 15.1. The maximum atomic E-state index is 13.5. The van der Waals surface area contributed by atoms with E-state index < -0.39 is 23.5 Å². The van der Waals surface area contributed by atoms with Gasteiger partial charge in [0.15, 0.2) is 11.5 Å². The number of benzene rings is 2. The second-order valence-corrected chi connectivity index (χ2v) is 8.08. The van der Waals surface area contributed by atoms with Gasteiger partial charge >= 0.3 is 0 Å². The fourth-order valence-corrected chi connectivity index (χ4v) is 4.97. The first kappa shape index (κ1) is 18.3. The summed E-state index contributed by atoms with van der Waals surface area (Å²) in [5.74, 6) is 0.433.